The van der Waals surface area contributed by atoms with Gasteiger partial charge >= 0.3 is 12.1 Å². The highest BCUT2D eigenvalue weighted by atomic mass is 19.4. The molecule has 3 rings (SSSR count). The first kappa shape index (κ1) is 18.1. The smallest absolute Gasteiger partial charge is 0.416 e. The van der Waals surface area contributed by atoms with Crippen molar-refractivity contribution in [1.29, 1.82) is 0 Å². The van der Waals surface area contributed by atoms with Crippen LogP contribution in [-0.4, -0.2) is 18.2 Å². The summed E-state index contributed by atoms with van der Waals surface area (Å²) in [6, 6.07) is 8.37. The Bertz CT molecular complexity index is 830. The van der Waals surface area contributed by atoms with Crippen molar-refractivity contribution >= 4 is 5.97 Å². The third kappa shape index (κ3) is 3.76. The summed E-state index contributed by atoms with van der Waals surface area (Å²) in [4.78, 5) is 10.9. The molecule has 0 saturated carbocycles. The van der Waals surface area contributed by atoms with Crippen molar-refractivity contribution in [2.75, 3.05) is 7.11 Å². The lowest BCUT2D eigenvalue weighted by Gasteiger charge is -2.14. The van der Waals surface area contributed by atoms with Crippen LogP contribution in [0.2, 0.25) is 0 Å². The van der Waals surface area contributed by atoms with Gasteiger partial charge in [0.25, 0.3) is 0 Å². The number of fused-ring (bicyclic) bond motifs is 1. The summed E-state index contributed by atoms with van der Waals surface area (Å²) >= 11 is 0. The molecule has 1 aliphatic carbocycles. The normalized spacial score (nSPS) is 16.2. The molecule has 0 aromatic heterocycles. The summed E-state index contributed by atoms with van der Waals surface area (Å²) in [5.74, 6) is -0.211. The van der Waals surface area contributed by atoms with Crippen molar-refractivity contribution in [3.63, 3.8) is 0 Å². The number of aryl methyl sites for hydroxylation is 1. The minimum absolute atomic E-state index is 0.0101. The fraction of sp³-hybridized carbons (Fsp3) is 0.316. The first-order chi connectivity index (χ1) is 12.3. The second-order valence-electron chi connectivity index (χ2n) is 6.16. The van der Waals surface area contributed by atoms with Gasteiger partial charge in [-0.25, -0.2) is 0 Å². The molecule has 1 aliphatic rings. The van der Waals surface area contributed by atoms with Crippen molar-refractivity contribution in [1.82, 2.24) is 0 Å². The molecule has 138 valence electrons. The molecule has 0 spiro atoms. The van der Waals surface area contributed by atoms with Gasteiger partial charge in [0, 0.05) is 0 Å². The van der Waals surface area contributed by atoms with E-state index in [0.717, 1.165) is 36.1 Å². The van der Waals surface area contributed by atoms with E-state index < -0.39 is 17.7 Å². The number of alkyl halides is 3. The number of carbonyl (C=O) groups is 1. The maximum absolute atomic E-state index is 12.8. The van der Waals surface area contributed by atoms with Gasteiger partial charge in [-0.05, 0) is 60.2 Å². The zero-order valence-corrected chi connectivity index (χ0v) is 14.0. The monoisotopic (exact) mass is 366 g/mol. The van der Waals surface area contributed by atoms with Gasteiger partial charge in [-0.15, -0.1) is 0 Å². The molecule has 1 N–H and O–H groups in total. The Morgan fingerprint density at radius 1 is 1.19 bits per heavy atom. The minimum Gasteiger partial charge on any atom is -0.493 e. The van der Waals surface area contributed by atoms with Crippen molar-refractivity contribution in [3.8, 4) is 17.2 Å². The molecule has 0 unspecified atom stereocenters. The average Bonchev–Trinajstić information content (AvgIpc) is 2.95. The lowest BCUT2D eigenvalue weighted by molar-refractivity contribution is -0.138. The van der Waals surface area contributed by atoms with Gasteiger partial charge in [0.1, 0.15) is 5.75 Å². The number of carboxylic acids is 1. The molecule has 2 aromatic rings. The second-order valence-corrected chi connectivity index (χ2v) is 6.16. The number of hydrogen-bond acceptors (Lipinski definition) is 3. The van der Waals surface area contributed by atoms with Crippen molar-refractivity contribution < 1.29 is 32.5 Å². The van der Waals surface area contributed by atoms with E-state index in [-0.39, 0.29) is 23.8 Å². The van der Waals surface area contributed by atoms with E-state index in [1.807, 2.05) is 6.07 Å². The Kier molecular flexibility index (Phi) is 4.80. The van der Waals surface area contributed by atoms with Crippen LogP contribution >= 0.6 is 0 Å². The van der Waals surface area contributed by atoms with Crippen molar-refractivity contribution in [2.24, 2.45) is 0 Å². The number of carboxylic acid groups (broad SMARTS) is 1. The van der Waals surface area contributed by atoms with Gasteiger partial charge in [0.2, 0.25) is 0 Å². The molecule has 4 nitrogen and oxygen atoms in total. The van der Waals surface area contributed by atoms with Crippen molar-refractivity contribution in [2.45, 2.75) is 31.4 Å². The van der Waals surface area contributed by atoms with Gasteiger partial charge < -0.3 is 14.6 Å². The molecule has 0 saturated heterocycles. The SMILES string of the molecule is COc1cc(C(F)(F)F)ccc1Oc1ccc2c(c1)CC[C@H]2CC(=O)O. The highest BCUT2D eigenvalue weighted by Gasteiger charge is 2.31. The number of halogens is 3. The van der Waals surface area contributed by atoms with E-state index in [9.17, 15) is 18.0 Å². The standard InChI is InChI=1S/C19H17F3O4/c1-25-17-10-13(19(20,21)22)4-7-16(17)26-14-5-6-15-11(8-14)2-3-12(15)9-18(23)24/h4-8,10,12H,2-3,9H2,1H3,(H,23,24)/t12-/m0/s1. The van der Waals surface area contributed by atoms with Gasteiger partial charge in [0.05, 0.1) is 19.1 Å². The zero-order chi connectivity index (χ0) is 18.9. The van der Waals surface area contributed by atoms with E-state index >= 15 is 0 Å². The number of rotatable bonds is 5. The number of hydrogen-bond donors (Lipinski definition) is 1. The minimum atomic E-state index is -4.46. The summed E-state index contributed by atoms with van der Waals surface area (Å²) < 4.78 is 49.1. The zero-order valence-electron chi connectivity index (χ0n) is 14.0. The van der Waals surface area contributed by atoms with Crippen LogP contribution in [0.4, 0.5) is 13.2 Å². The second kappa shape index (κ2) is 6.90. The number of benzene rings is 2. The topological polar surface area (TPSA) is 55.8 Å². The van der Waals surface area contributed by atoms with E-state index in [1.54, 1.807) is 12.1 Å². The van der Waals surface area contributed by atoms with Gasteiger partial charge in [0.15, 0.2) is 11.5 Å². The molecule has 7 heteroatoms. The quantitative estimate of drug-likeness (QED) is 0.808. The summed E-state index contributed by atoms with van der Waals surface area (Å²) in [5, 5.41) is 8.97. The first-order valence-corrected chi connectivity index (χ1v) is 8.05. The molecule has 0 amide bonds. The van der Waals surface area contributed by atoms with Crippen LogP contribution in [0.15, 0.2) is 36.4 Å². The van der Waals surface area contributed by atoms with E-state index in [2.05, 4.69) is 0 Å². The molecular weight excluding hydrogens is 349 g/mol. The molecule has 1 atom stereocenters. The maximum Gasteiger partial charge on any atom is 0.416 e. The fourth-order valence-corrected chi connectivity index (χ4v) is 3.22. The summed E-state index contributed by atoms with van der Waals surface area (Å²) in [6.07, 6.45) is -2.87. The number of ether oxygens (including phenoxy) is 2. The lowest BCUT2D eigenvalue weighted by atomic mass is 9.98. The summed E-state index contributed by atoms with van der Waals surface area (Å²) in [6.45, 7) is 0. The van der Waals surface area contributed by atoms with Crippen LogP contribution in [0.3, 0.4) is 0 Å². The first-order valence-electron chi connectivity index (χ1n) is 8.05. The molecular formula is C19H17F3O4. The molecule has 0 bridgehead atoms. The Hall–Kier alpha value is -2.70. The van der Waals surface area contributed by atoms with Gasteiger partial charge in [-0.2, -0.15) is 13.2 Å². The van der Waals surface area contributed by atoms with Gasteiger partial charge in [-0.1, -0.05) is 6.07 Å². The van der Waals surface area contributed by atoms with Gasteiger partial charge in [-0.3, -0.25) is 4.79 Å². The highest BCUT2D eigenvalue weighted by Crippen LogP contribution is 2.41. The number of aliphatic carboxylic acids is 1. The lowest BCUT2D eigenvalue weighted by Crippen LogP contribution is -2.05. The van der Waals surface area contributed by atoms with Crippen LogP contribution in [-0.2, 0) is 17.4 Å². The largest absolute Gasteiger partial charge is 0.493 e. The van der Waals surface area contributed by atoms with E-state index in [1.165, 1.54) is 13.2 Å². The molecule has 0 aliphatic heterocycles. The Morgan fingerprint density at radius 3 is 2.62 bits per heavy atom. The Balaban J connectivity index is 1.83. The maximum atomic E-state index is 12.8. The Morgan fingerprint density at radius 2 is 1.96 bits per heavy atom. The third-order valence-electron chi connectivity index (χ3n) is 4.46. The summed E-state index contributed by atoms with van der Waals surface area (Å²) in [7, 11) is 1.28. The fourth-order valence-electron chi connectivity index (χ4n) is 3.22. The molecule has 0 heterocycles. The number of methoxy groups -OCH3 is 1. The highest BCUT2D eigenvalue weighted by molar-refractivity contribution is 5.68. The van der Waals surface area contributed by atoms with E-state index in [0.29, 0.717) is 5.75 Å². The van der Waals surface area contributed by atoms with Crippen LogP contribution in [0.5, 0.6) is 17.2 Å². The van der Waals surface area contributed by atoms with Crippen LogP contribution in [0, 0.1) is 0 Å². The summed E-state index contributed by atoms with van der Waals surface area (Å²) in [5.41, 5.74) is 1.17. The van der Waals surface area contributed by atoms with Crippen molar-refractivity contribution in [3.05, 3.63) is 53.1 Å². The Labute approximate surface area is 148 Å². The van der Waals surface area contributed by atoms with Crippen LogP contribution in [0.1, 0.15) is 35.4 Å². The predicted molar refractivity (Wildman–Crippen MR) is 87.8 cm³/mol. The third-order valence-corrected chi connectivity index (χ3v) is 4.46. The average molecular weight is 366 g/mol. The van der Waals surface area contributed by atoms with Crippen LogP contribution in [0.25, 0.3) is 0 Å². The molecule has 26 heavy (non-hydrogen) atoms. The molecule has 0 fully saturated rings. The molecule has 2 aromatic carbocycles. The predicted octanol–water partition coefficient (Wildman–Crippen LogP) is 5.01. The van der Waals surface area contributed by atoms with Crippen LogP contribution < -0.4 is 9.47 Å². The van der Waals surface area contributed by atoms with E-state index in [4.69, 9.17) is 14.6 Å². The molecule has 0 radical (unpaired) electrons.